The number of benzene rings is 1. The van der Waals surface area contributed by atoms with Gasteiger partial charge in [0.15, 0.2) is 6.04 Å². The largest absolute Gasteiger partial charge is 0.496 e. The fourth-order valence-corrected chi connectivity index (χ4v) is 1.61. The summed E-state index contributed by atoms with van der Waals surface area (Å²) in [5, 5.41) is 22.1. The van der Waals surface area contributed by atoms with Crippen molar-refractivity contribution < 1.29 is 24.5 Å². The second kappa shape index (κ2) is 8.00. The van der Waals surface area contributed by atoms with Gasteiger partial charge in [-0.05, 0) is 18.1 Å². The Morgan fingerprint density at radius 3 is 2.65 bits per heavy atom. The van der Waals surface area contributed by atoms with Crippen molar-refractivity contribution in [3.05, 3.63) is 29.8 Å². The number of rotatable bonds is 7. The van der Waals surface area contributed by atoms with Crippen molar-refractivity contribution in [2.45, 2.75) is 12.5 Å². The number of amides is 2. The fraction of sp³-hybridized carbons (Fsp3) is 0.385. The summed E-state index contributed by atoms with van der Waals surface area (Å²) in [5.41, 5.74) is 0.937. The molecular formula is C13H18N2O5. The molecule has 7 heteroatoms. The van der Waals surface area contributed by atoms with Gasteiger partial charge in [-0.1, -0.05) is 18.2 Å². The minimum absolute atomic E-state index is 0.323. The molecule has 0 bridgehead atoms. The van der Waals surface area contributed by atoms with E-state index >= 15 is 0 Å². The summed E-state index contributed by atoms with van der Waals surface area (Å²) in [6.07, 6.45) is 0.550. The van der Waals surface area contributed by atoms with Crippen LogP contribution in [0.4, 0.5) is 4.79 Å². The number of para-hydroxylation sites is 1. The molecule has 0 aliphatic heterocycles. The highest BCUT2D eigenvalue weighted by molar-refractivity contribution is 5.82. The molecule has 0 saturated heterocycles. The molecule has 1 atom stereocenters. The van der Waals surface area contributed by atoms with E-state index < -0.39 is 24.6 Å². The molecule has 0 heterocycles. The number of carbonyl (C=O) groups excluding carboxylic acids is 1. The first kappa shape index (κ1) is 15.8. The zero-order valence-electron chi connectivity index (χ0n) is 11.1. The van der Waals surface area contributed by atoms with Gasteiger partial charge in [-0.15, -0.1) is 0 Å². The number of carboxylic acid groups (broad SMARTS) is 1. The summed E-state index contributed by atoms with van der Waals surface area (Å²) >= 11 is 0. The Hall–Kier alpha value is -2.28. The molecule has 110 valence electrons. The van der Waals surface area contributed by atoms with E-state index in [0.29, 0.717) is 13.0 Å². The van der Waals surface area contributed by atoms with Crippen molar-refractivity contribution in [3.8, 4) is 5.75 Å². The maximum Gasteiger partial charge on any atom is 0.328 e. The molecule has 1 aromatic rings. The predicted molar refractivity (Wildman–Crippen MR) is 71.7 cm³/mol. The molecule has 0 spiro atoms. The molecule has 20 heavy (non-hydrogen) atoms. The highest BCUT2D eigenvalue weighted by Gasteiger charge is 2.18. The van der Waals surface area contributed by atoms with Gasteiger partial charge in [0.05, 0.1) is 13.7 Å². The van der Waals surface area contributed by atoms with Crippen LogP contribution in [-0.2, 0) is 11.2 Å². The van der Waals surface area contributed by atoms with Crippen molar-refractivity contribution in [3.63, 3.8) is 0 Å². The van der Waals surface area contributed by atoms with Crippen molar-refractivity contribution in [1.82, 2.24) is 10.6 Å². The van der Waals surface area contributed by atoms with E-state index in [1.54, 1.807) is 7.11 Å². The molecule has 0 aromatic heterocycles. The van der Waals surface area contributed by atoms with E-state index in [4.69, 9.17) is 14.9 Å². The Morgan fingerprint density at radius 2 is 2.05 bits per heavy atom. The first-order valence-corrected chi connectivity index (χ1v) is 6.08. The van der Waals surface area contributed by atoms with Crippen LogP contribution >= 0.6 is 0 Å². The van der Waals surface area contributed by atoms with Gasteiger partial charge in [-0.25, -0.2) is 9.59 Å². The Balaban J connectivity index is 2.40. The van der Waals surface area contributed by atoms with Crippen molar-refractivity contribution in [2.24, 2.45) is 0 Å². The summed E-state index contributed by atoms with van der Waals surface area (Å²) < 4.78 is 5.18. The van der Waals surface area contributed by atoms with Crippen LogP contribution in [-0.4, -0.2) is 48.5 Å². The lowest BCUT2D eigenvalue weighted by atomic mass is 10.1. The zero-order valence-corrected chi connectivity index (χ0v) is 11.1. The average molecular weight is 282 g/mol. The summed E-state index contributed by atoms with van der Waals surface area (Å²) in [6, 6.07) is 5.47. The third-order valence-electron chi connectivity index (χ3n) is 2.66. The van der Waals surface area contributed by atoms with Gasteiger partial charge in [-0.3, -0.25) is 0 Å². The molecule has 7 nitrogen and oxygen atoms in total. The normalized spacial score (nSPS) is 11.5. The minimum atomic E-state index is -1.30. The summed E-state index contributed by atoms with van der Waals surface area (Å²) in [4.78, 5) is 22.1. The van der Waals surface area contributed by atoms with Crippen LogP contribution < -0.4 is 15.4 Å². The summed E-state index contributed by atoms with van der Waals surface area (Å²) in [6.45, 7) is -0.334. The lowest BCUT2D eigenvalue weighted by Gasteiger charge is -2.13. The number of urea groups is 1. The number of aliphatic hydroxyl groups is 1. The minimum Gasteiger partial charge on any atom is -0.496 e. The van der Waals surface area contributed by atoms with E-state index in [1.165, 1.54) is 0 Å². The molecule has 2 amide bonds. The quantitative estimate of drug-likeness (QED) is 0.562. The lowest BCUT2D eigenvalue weighted by molar-refractivity contribution is -0.140. The molecule has 1 rings (SSSR count). The van der Waals surface area contributed by atoms with E-state index in [9.17, 15) is 9.59 Å². The monoisotopic (exact) mass is 282 g/mol. The molecule has 0 aliphatic rings. The van der Waals surface area contributed by atoms with Crippen molar-refractivity contribution >= 4 is 12.0 Å². The molecular weight excluding hydrogens is 264 g/mol. The Kier molecular flexibility index (Phi) is 6.31. The van der Waals surface area contributed by atoms with Crippen molar-refractivity contribution in [2.75, 3.05) is 20.3 Å². The average Bonchev–Trinajstić information content (AvgIpc) is 2.45. The number of hydrogen-bond acceptors (Lipinski definition) is 4. The van der Waals surface area contributed by atoms with Gasteiger partial charge in [-0.2, -0.15) is 0 Å². The van der Waals surface area contributed by atoms with Crippen LogP contribution in [0.1, 0.15) is 5.56 Å². The molecule has 4 N–H and O–H groups in total. The van der Waals surface area contributed by atoms with Gasteiger partial charge in [0, 0.05) is 6.54 Å². The van der Waals surface area contributed by atoms with E-state index in [-0.39, 0.29) is 0 Å². The maximum atomic E-state index is 11.4. The number of carbonyl (C=O) groups is 2. The third-order valence-corrected chi connectivity index (χ3v) is 2.66. The second-order valence-electron chi connectivity index (χ2n) is 4.04. The van der Waals surface area contributed by atoms with E-state index in [1.807, 2.05) is 24.3 Å². The smallest absolute Gasteiger partial charge is 0.328 e. The van der Waals surface area contributed by atoms with E-state index in [0.717, 1.165) is 11.3 Å². The van der Waals surface area contributed by atoms with Gasteiger partial charge in [0.2, 0.25) is 0 Å². The molecule has 1 aromatic carbocycles. The molecule has 0 radical (unpaired) electrons. The lowest BCUT2D eigenvalue weighted by Crippen LogP contribution is -2.48. The second-order valence-corrected chi connectivity index (χ2v) is 4.04. The van der Waals surface area contributed by atoms with Crippen molar-refractivity contribution in [1.29, 1.82) is 0 Å². The number of aliphatic hydroxyl groups excluding tert-OH is 1. The summed E-state index contributed by atoms with van der Waals surface area (Å²) in [7, 11) is 1.57. The van der Waals surface area contributed by atoms with Crippen LogP contribution in [0.3, 0.4) is 0 Å². The highest BCUT2D eigenvalue weighted by Crippen LogP contribution is 2.17. The number of methoxy groups -OCH3 is 1. The SMILES string of the molecule is COc1ccccc1CCNC(=O)N[C@H](CO)C(=O)O. The first-order valence-electron chi connectivity index (χ1n) is 6.08. The number of hydrogen-bond donors (Lipinski definition) is 4. The van der Waals surface area contributed by atoms with Crippen LogP contribution in [0.5, 0.6) is 5.75 Å². The topological polar surface area (TPSA) is 108 Å². The standard InChI is InChI=1S/C13H18N2O5/c1-20-11-5-3-2-4-9(11)6-7-14-13(19)15-10(8-16)12(17)18/h2-5,10,16H,6-8H2,1H3,(H,17,18)(H2,14,15,19)/t10-/m1/s1. The Bertz CT molecular complexity index is 464. The number of ether oxygens (including phenoxy) is 1. The summed E-state index contributed by atoms with van der Waals surface area (Å²) in [5.74, 6) is -0.555. The number of aliphatic carboxylic acids is 1. The first-order chi connectivity index (χ1) is 9.58. The number of carboxylic acids is 1. The highest BCUT2D eigenvalue weighted by atomic mass is 16.5. The van der Waals surface area contributed by atoms with Gasteiger partial charge < -0.3 is 25.6 Å². The molecule has 0 fully saturated rings. The predicted octanol–water partition coefficient (Wildman–Crippen LogP) is -0.0176. The van der Waals surface area contributed by atoms with E-state index in [2.05, 4.69) is 10.6 Å². The third kappa shape index (κ3) is 4.77. The van der Waals surface area contributed by atoms with Crippen LogP contribution in [0.2, 0.25) is 0 Å². The van der Waals surface area contributed by atoms with Gasteiger partial charge >= 0.3 is 12.0 Å². The Labute approximate surface area is 116 Å². The zero-order chi connectivity index (χ0) is 15.0. The van der Waals surface area contributed by atoms with Gasteiger partial charge in [0.1, 0.15) is 5.75 Å². The molecule has 0 unspecified atom stereocenters. The van der Waals surface area contributed by atoms with Crippen LogP contribution in [0, 0.1) is 0 Å². The van der Waals surface area contributed by atoms with Gasteiger partial charge in [0.25, 0.3) is 0 Å². The van der Waals surface area contributed by atoms with Crippen LogP contribution in [0.25, 0.3) is 0 Å². The van der Waals surface area contributed by atoms with Crippen LogP contribution in [0.15, 0.2) is 24.3 Å². The number of nitrogens with one attached hydrogen (secondary N) is 2. The molecule has 0 saturated carbocycles. The molecule has 0 aliphatic carbocycles. The Morgan fingerprint density at radius 1 is 1.35 bits per heavy atom. The fourth-order valence-electron chi connectivity index (χ4n) is 1.61. The maximum absolute atomic E-state index is 11.4.